The molecule has 1 heterocycles. The molecule has 0 atom stereocenters. The topological polar surface area (TPSA) is 39.1 Å². The molecule has 1 aromatic heterocycles. The van der Waals surface area contributed by atoms with E-state index in [9.17, 15) is 4.39 Å². The van der Waals surface area contributed by atoms with Crippen LogP contribution >= 0.6 is 11.8 Å². The van der Waals surface area contributed by atoms with Gasteiger partial charge < -0.3 is 14.6 Å². The Labute approximate surface area is 122 Å². The average Bonchev–Trinajstić information content (AvgIpc) is 2.84. The van der Waals surface area contributed by atoms with Gasteiger partial charge >= 0.3 is 0 Å². The lowest BCUT2D eigenvalue weighted by Crippen LogP contribution is -2.19. The fourth-order valence-electron chi connectivity index (χ4n) is 1.75. The molecule has 0 saturated heterocycles. The first kappa shape index (κ1) is 15.0. The van der Waals surface area contributed by atoms with E-state index in [1.165, 1.54) is 17.8 Å². The number of imidazole rings is 1. The first-order valence-electron chi connectivity index (χ1n) is 6.34. The Bertz CT molecular complexity index is 559. The third kappa shape index (κ3) is 3.82. The van der Waals surface area contributed by atoms with Crippen molar-refractivity contribution >= 4 is 11.8 Å². The third-order valence-corrected chi connectivity index (χ3v) is 4.05. The molecule has 6 heteroatoms. The molecule has 0 radical (unpaired) electrons. The maximum atomic E-state index is 14.0. The van der Waals surface area contributed by atoms with Crippen LogP contribution in [0.4, 0.5) is 4.39 Å². The Morgan fingerprint density at radius 3 is 3.00 bits per heavy atom. The molecule has 0 unspecified atom stereocenters. The molecule has 2 rings (SSSR count). The summed E-state index contributed by atoms with van der Waals surface area (Å²) in [5, 5.41) is 4.00. The van der Waals surface area contributed by atoms with Gasteiger partial charge in [-0.25, -0.2) is 9.37 Å². The summed E-state index contributed by atoms with van der Waals surface area (Å²) in [5.41, 5.74) is 0.925. The van der Waals surface area contributed by atoms with Crippen LogP contribution in [0.15, 0.2) is 40.6 Å². The number of aryl methyl sites for hydroxylation is 1. The average molecular weight is 295 g/mol. The highest BCUT2D eigenvalue weighted by Gasteiger charge is 2.12. The van der Waals surface area contributed by atoms with Gasteiger partial charge in [0, 0.05) is 39.6 Å². The van der Waals surface area contributed by atoms with Crippen LogP contribution in [0.2, 0.25) is 0 Å². The summed E-state index contributed by atoms with van der Waals surface area (Å²) in [6.45, 7) is 1.98. The number of hydrogen-bond donors (Lipinski definition) is 1. The maximum Gasteiger partial charge on any atom is 0.172 e. The number of nitrogens with zero attached hydrogens (tertiary/aromatic N) is 2. The fraction of sp³-hybridized carbons (Fsp3) is 0.357. The number of hydrogen-bond acceptors (Lipinski definition) is 4. The zero-order valence-electron chi connectivity index (χ0n) is 11.6. The van der Waals surface area contributed by atoms with E-state index in [4.69, 9.17) is 4.74 Å². The van der Waals surface area contributed by atoms with Crippen LogP contribution in [0.3, 0.4) is 0 Å². The normalized spacial score (nSPS) is 10.9. The van der Waals surface area contributed by atoms with Crippen molar-refractivity contribution in [2.75, 3.05) is 20.3 Å². The summed E-state index contributed by atoms with van der Waals surface area (Å²) in [5.74, 6) is -0.218. The molecule has 0 aliphatic rings. The smallest absolute Gasteiger partial charge is 0.172 e. The van der Waals surface area contributed by atoms with Crippen molar-refractivity contribution in [3.8, 4) is 0 Å². The van der Waals surface area contributed by atoms with Gasteiger partial charge in [-0.15, -0.1) is 0 Å². The molecule has 1 N–H and O–H groups in total. The molecule has 0 amide bonds. The van der Waals surface area contributed by atoms with Gasteiger partial charge in [-0.2, -0.15) is 0 Å². The minimum absolute atomic E-state index is 0.218. The van der Waals surface area contributed by atoms with E-state index in [0.717, 1.165) is 17.3 Å². The van der Waals surface area contributed by atoms with Crippen molar-refractivity contribution in [1.82, 2.24) is 14.9 Å². The molecular weight excluding hydrogens is 277 g/mol. The van der Waals surface area contributed by atoms with Crippen LogP contribution < -0.4 is 5.32 Å². The number of rotatable bonds is 7. The van der Waals surface area contributed by atoms with Crippen LogP contribution in [0.25, 0.3) is 0 Å². The molecule has 108 valence electrons. The standard InChI is InChI=1S/C14H18FN3OS/c1-18-8-6-17-14(18)20-13-11(4-3-5-12(13)15)10-16-7-9-19-2/h3-6,8,16H,7,9-10H2,1-2H3. The molecule has 0 fully saturated rings. The molecule has 0 bridgehead atoms. The summed E-state index contributed by atoms with van der Waals surface area (Å²) in [6, 6.07) is 5.13. The highest BCUT2D eigenvalue weighted by Crippen LogP contribution is 2.31. The molecule has 4 nitrogen and oxygen atoms in total. The molecule has 1 aromatic carbocycles. The fourth-order valence-corrected chi connectivity index (χ4v) is 2.68. The Hall–Kier alpha value is -1.37. The Morgan fingerprint density at radius 1 is 1.45 bits per heavy atom. The van der Waals surface area contributed by atoms with Gasteiger partial charge in [-0.3, -0.25) is 0 Å². The summed E-state index contributed by atoms with van der Waals surface area (Å²) < 4.78 is 20.9. The number of nitrogens with one attached hydrogen (secondary N) is 1. The monoisotopic (exact) mass is 295 g/mol. The van der Waals surface area contributed by atoms with Gasteiger partial charge in [0.25, 0.3) is 0 Å². The summed E-state index contributed by atoms with van der Waals surface area (Å²) >= 11 is 1.34. The lowest BCUT2D eigenvalue weighted by molar-refractivity contribution is 0.199. The van der Waals surface area contributed by atoms with Crippen LogP contribution in [-0.2, 0) is 18.3 Å². The molecule has 20 heavy (non-hydrogen) atoms. The highest BCUT2D eigenvalue weighted by molar-refractivity contribution is 7.99. The Balaban J connectivity index is 2.12. The third-order valence-electron chi connectivity index (χ3n) is 2.82. The zero-order chi connectivity index (χ0) is 14.4. The molecule has 0 saturated carbocycles. The van der Waals surface area contributed by atoms with Crippen molar-refractivity contribution in [2.24, 2.45) is 7.05 Å². The van der Waals surface area contributed by atoms with E-state index in [1.807, 2.05) is 23.9 Å². The van der Waals surface area contributed by atoms with Crippen LogP contribution in [0.1, 0.15) is 5.56 Å². The van der Waals surface area contributed by atoms with E-state index in [-0.39, 0.29) is 5.82 Å². The summed E-state index contributed by atoms with van der Waals surface area (Å²) in [7, 11) is 3.55. The van der Waals surface area contributed by atoms with Gasteiger partial charge in [-0.05, 0) is 23.4 Å². The van der Waals surface area contributed by atoms with E-state index in [1.54, 1.807) is 19.4 Å². The van der Waals surface area contributed by atoms with Gasteiger partial charge in [0.2, 0.25) is 0 Å². The Morgan fingerprint density at radius 2 is 2.30 bits per heavy atom. The van der Waals surface area contributed by atoms with Gasteiger partial charge in [-0.1, -0.05) is 12.1 Å². The van der Waals surface area contributed by atoms with Gasteiger partial charge in [0.15, 0.2) is 5.16 Å². The molecule has 2 aromatic rings. The van der Waals surface area contributed by atoms with E-state index in [0.29, 0.717) is 18.0 Å². The number of benzene rings is 1. The predicted octanol–water partition coefficient (Wildman–Crippen LogP) is 2.45. The maximum absolute atomic E-state index is 14.0. The van der Waals surface area contributed by atoms with E-state index >= 15 is 0 Å². The van der Waals surface area contributed by atoms with Crippen LogP contribution in [-0.4, -0.2) is 29.8 Å². The quantitative estimate of drug-likeness (QED) is 0.796. The van der Waals surface area contributed by atoms with E-state index < -0.39 is 0 Å². The largest absolute Gasteiger partial charge is 0.383 e. The first-order valence-corrected chi connectivity index (χ1v) is 7.16. The van der Waals surface area contributed by atoms with Gasteiger partial charge in [0.05, 0.1) is 11.5 Å². The number of ether oxygens (including phenoxy) is 1. The number of methoxy groups -OCH3 is 1. The van der Waals surface area contributed by atoms with Crippen molar-refractivity contribution in [3.05, 3.63) is 42.0 Å². The molecule has 0 spiro atoms. The molecular formula is C14H18FN3OS. The summed E-state index contributed by atoms with van der Waals surface area (Å²) in [4.78, 5) is 4.84. The highest BCUT2D eigenvalue weighted by atomic mass is 32.2. The SMILES string of the molecule is COCCNCc1cccc(F)c1Sc1nccn1C. The van der Waals surface area contributed by atoms with Crippen molar-refractivity contribution in [3.63, 3.8) is 0 Å². The van der Waals surface area contributed by atoms with Gasteiger partial charge in [0.1, 0.15) is 5.82 Å². The second kappa shape index (κ2) is 7.42. The number of aromatic nitrogens is 2. The van der Waals surface area contributed by atoms with Crippen molar-refractivity contribution < 1.29 is 9.13 Å². The lowest BCUT2D eigenvalue weighted by atomic mass is 10.2. The van der Waals surface area contributed by atoms with Crippen LogP contribution in [0.5, 0.6) is 0 Å². The van der Waals surface area contributed by atoms with Crippen molar-refractivity contribution in [2.45, 2.75) is 16.6 Å². The van der Waals surface area contributed by atoms with Crippen molar-refractivity contribution in [1.29, 1.82) is 0 Å². The number of halogens is 1. The minimum Gasteiger partial charge on any atom is -0.383 e. The second-order valence-corrected chi connectivity index (χ2v) is 5.30. The summed E-state index contributed by atoms with van der Waals surface area (Å²) in [6.07, 6.45) is 3.55. The molecule has 0 aliphatic heterocycles. The van der Waals surface area contributed by atoms with E-state index in [2.05, 4.69) is 10.3 Å². The first-order chi connectivity index (χ1) is 9.72. The zero-order valence-corrected chi connectivity index (χ0v) is 12.4. The van der Waals surface area contributed by atoms with Crippen LogP contribution in [0, 0.1) is 5.82 Å². The lowest BCUT2D eigenvalue weighted by Gasteiger charge is -2.11. The predicted molar refractivity (Wildman–Crippen MR) is 77.3 cm³/mol. The second-order valence-electron chi connectivity index (χ2n) is 4.32. The minimum atomic E-state index is -0.218. The molecule has 0 aliphatic carbocycles. The Kier molecular flexibility index (Phi) is 5.58.